The number of hydrogen-bond acceptors (Lipinski definition) is 6. The van der Waals surface area contributed by atoms with Crippen molar-refractivity contribution in [1.82, 2.24) is 14.9 Å². The maximum absolute atomic E-state index is 11.9. The molecule has 3 heterocycles. The van der Waals surface area contributed by atoms with Crippen molar-refractivity contribution in [3.63, 3.8) is 0 Å². The Bertz CT molecular complexity index is 883. The van der Waals surface area contributed by atoms with Gasteiger partial charge in [-0.05, 0) is 30.9 Å². The molecule has 8 heteroatoms. The summed E-state index contributed by atoms with van der Waals surface area (Å²) in [5.41, 5.74) is 1.28. The Hall–Kier alpha value is -2.74. The van der Waals surface area contributed by atoms with Crippen LogP contribution in [0.3, 0.4) is 0 Å². The predicted molar refractivity (Wildman–Crippen MR) is 90.9 cm³/mol. The number of anilines is 1. The summed E-state index contributed by atoms with van der Waals surface area (Å²) in [6, 6.07) is 8.75. The van der Waals surface area contributed by atoms with Crippen LogP contribution in [0.5, 0.6) is 0 Å². The topological polar surface area (TPSA) is 90.0 Å². The SMILES string of the molecule is Cc1cc(NC(=O)CCCn2nc(-c3cccs3)ccc2=O)on1. The monoisotopic (exact) mass is 344 g/mol. The summed E-state index contributed by atoms with van der Waals surface area (Å²) >= 11 is 1.56. The van der Waals surface area contributed by atoms with Gasteiger partial charge in [-0.15, -0.1) is 11.3 Å². The van der Waals surface area contributed by atoms with Crippen molar-refractivity contribution in [3.05, 3.63) is 51.8 Å². The molecule has 124 valence electrons. The second kappa shape index (κ2) is 7.22. The molecule has 0 aliphatic heterocycles. The van der Waals surface area contributed by atoms with Crippen molar-refractivity contribution in [3.8, 4) is 10.6 Å². The van der Waals surface area contributed by atoms with Gasteiger partial charge in [-0.25, -0.2) is 4.68 Å². The van der Waals surface area contributed by atoms with Crippen LogP contribution in [-0.2, 0) is 11.3 Å². The van der Waals surface area contributed by atoms with Gasteiger partial charge in [-0.2, -0.15) is 5.10 Å². The van der Waals surface area contributed by atoms with Gasteiger partial charge in [0.25, 0.3) is 5.56 Å². The van der Waals surface area contributed by atoms with Gasteiger partial charge in [0, 0.05) is 25.1 Å². The molecule has 1 N–H and O–H groups in total. The maximum atomic E-state index is 11.9. The summed E-state index contributed by atoms with van der Waals surface area (Å²) in [7, 11) is 0. The first-order chi connectivity index (χ1) is 11.6. The molecule has 1 amide bonds. The fourth-order valence-electron chi connectivity index (χ4n) is 2.18. The summed E-state index contributed by atoms with van der Waals surface area (Å²) in [6.45, 7) is 2.15. The number of thiophene rings is 1. The van der Waals surface area contributed by atoms with E-state index in [9.17, 15) is 9.59 Å². The van der Waals surface area contributed by atoms with E-state index in [0.717, 1.165) is 10.6 Å². The highest BCUT2D eigenvalue weighted by Gasteiger charge is 2.08. The first-order valence-electron chi connectivity index (χ1n) is 7.47. The minimum atomic E-state index is -0.186. The number of nitrogens with zero attached hydrogens (tertiary/aromatic N) is 3. The van der Waals surface area contributed by atoms with Gasteiger partial charge in [-0.3, -0.25) is 14.9 Å². The van der Waals surface area contributed by atoms with Crippen molar-refractivity contribution in [2.75, 3.05) is 5.32 Å². The Morgan fingerprint density at radius 3 is 2.96 bits per heavy atom. The van der Waals surface area contributed by atoms with Gasteiger partial charge < -0.3 is 4.52 Å². The van der Waals surface area contributed by atoms with Crippen LogP contribution in [0.2, 0.25) is 0 Å². The molecule has 0 bridgehead atoms. The molecular weight excluding hydrogens is 328 g/mol. The number of nitrogens with one attached hydrogen (secondary N) is 1. The lowest BCUT2D eigenvalue weighted by Gasteiger charge is -2.06. The lowest BCUT2D eigenvalue weighted by atomic mass is 10.3. The van der Waals surface area contributed by atoms with Crippen LogP contribution < -0.4 is 10.9 Å². The fraction of sp³-hybridized carbons (Fsp3) is 0.250. The molecule has 0 unspecified atom stereocenters. The first kappa shape index (κ1) is 16.1. The van der Waals surface area contributed by atoms with E-state index in [1.165, 1.54) is 10.7 Å². The van der Waals surface area contributed by atoms with Crippen molar-refractivity contribution < 1.29 is 9.32 Å². The maximum Gasteiger partial charge on any atom is 0.266 e. The van der Waals surface area contributed by atoms with E-state index in [1.54, 1.807) is 30.4 Å². The number of carbonyl (C=O) groups excluding carboxylic acids is 1. The molecule has 0 saturated heterocycles. The fourth-order valence-corrected chi connectivity index (χ4v) is 2.87. The lowest BCUT2D eigenvalue weighted by molar-refractivity contribution is -0.116. The summed E-state index contributed by atoms with van der Waals surface area (Å²) < 4.78 is 6.32. The third-order valence-electron chi connectivity index (χ3n) is 3.30. The normalized spacial score (nSPS) is 10.7. The number of rotatable bonds is 6. The molecule has 0 radical (unpaired) electrons. The van der Waals surface area contributed by atoms with Crippen LogP contribution in [0.15, 0.2) is 45.0 Å². The van der Waals surface area contributed by atoms with E-state index < -0.39 is 0 Å². The average Bonchev–Trinajstić information content (AvgIpc) is 3.21. The van der Waals surface area contributed by atoms with Crippen molar-refractivity contribution in [2.24, 2.45) is 0 Å². The van der Waals surface area contributed by atoms with Crippen LogP contribution in [0.25, 0.3) is 10.6 Å². The van der Waals surface area contributed by atoms with Crippen molar-refractivity contribution >= 4 is 23.1 Å². The number of aryl methyl sites for hydroxylation is 2. The lowest BCUT2D eigenvalue weighted by Crippen LogP contribution is -2.23. The number of hydrogen-bond donors (Lipinski definition) is 1. The zero-order chi connectivity index (χ0) is 16.9. The van der Waals surface area contributed by atoms with E-state index in [1.807, 2.05) is 17.5 Å². The standard InChI is InChI=1S/C16H16N4O3S/c1-11-10-15(23-19-11)17-14(21)5-2-8-20-16(22)7-6-12(18-20)13-4-3-9-24-13/h3-4,6-7,9-10H,2,5,8H2,1H3,(H,17,21). The van der Waals surface area contributed by atoms with Gasteiger partial charge in [0.15, 0.2) is 0 Å². The van der Waals surface area contributed by atoms with Gasteiger partial charge in [-0.1, -0.05) is 11.2 Å². The van der Waals surface area contributed by atoms with E-state index in [2.05, 4.69) is 15.6 Å². The smallest absolute Gasteiger partial charge is 0.266 e. The zero-order valence-electron chi connectivity index (χ0n) is 13.1. The predicted octanol–water partition coefficient (Wildman–Crippen LogP) is 2.69. The Labute approximate surface area is 141 Å². The minimum Gasteiger partial charge on any atom is -0.338 e. The van der Waals surface area contributed by atoms with Crippen LogP contribution in [0.4, 0.5) is 5.88 Å². The van der Waals surface area contributed by atoms with E-state index in [0.29, 0.717) is 24.5 Å². The Kier molecular flexibility index (Phi) is 4.85. The third-order valence-corrected chi connectivity index (χ3v) is 4.20. The molecule has 0 aliphatic carbocycles. The summed E-state index contributed by atoms with van der Waals surface area (Å²) in [6.07, 6.45) is 0.761. The Morgan fingerprint density at radius 1 is 1.38 bits per heavy atom. The number of amides is 1. The average molecular weight is 344 g/mol. The molecule has 0 atom stereocenters. The zero-order valence-corrected chi connectivity index (χ0v) is 13.9. The summed E-state index contributed by atoms with van der Waals surface area (Å²) in [4.78, 5) is 24.7. The molecular formula is C16H16N4O3S. The van der Waals surface area contributed by atoms with Crippen LogP contribution in [-0.4, -0.2) is 20.8 Å². The van der Waals surface area contributed by atoms with E-state index in [4.69, 9.17) is 4.52 Å². The van der Waals surface area contributed by atoms with E-state index >= 15 is 0 Å². The number of aromatic nitrogens is 3. The second-order valence-electron chi connectivity index (χ2n) is 5.24. The quantitative estimate of drug-likeness (QED) is 0.742. The highest BCUT2D eigenvalue weighted by atomic mass is 32.1. The molecule has 0 spiro atoms. The van der Waals surface area contributed by atoms with Gasteiger partial charge in [0.2, 0.25) is 11.8 Å². The summed E-state index contributed by atoms with van der Waals surface area (Å²) in [5.74, 6) is 0.140. The van der Waals surface area contributed by atoms with Crippen LogP contribution in [0, 0.1) is 6.92 Å². The largest absolute Gasteiger partial charge is 0.338 e. The van der Waals surface area contributed by atoms with Crippen molar-refractivity contribution in [2.45, 2.75) is 26.3 Å². The second-order valence-corrected chi connectivity index (χ2v) is 6.19. The molecule has 24 heavy (non-hydrogen) atoms. The number of carbonyl (C=O) groups is 1. The third kappa shape index (κ3) is 3.96. The van der Waals surface area contributed by atoms with Gasteiger partial charge in [0.05, 0.1) is 10.6 Å². The highest BCUT2D eigenvalue weighted by Crippen LogP contribution is 2.21. The molecule has 0 saturated carbocycles. The molecule has 3 aromatic heterocycles. The molecule has 0 aromatic carbocycles. The molecule has 3 rings (SSSR count). The van der Waals surface area contributed by atoms with Gasteiger partial charge in [0.1, 0.15) is 5.69 Å². The summed E-state index contributed by atoms with van der Waals surface area (Å²) in [5, 5.41) is 12.6. The Balaban J connectivity index is 1.57. The molecule has 0 aliphatic rings. The van der Waals surface area contributed by atoms with Crippen LogP contribution in [0.1, 0.15) is 18.5 Å². The molecule has 3 aromatic rings. The molecule has 0 fully saturated rings. The highest BCUT2D eigenvalue weighted by molar-refractivity contribution is 7.13. The van der Waals surface area contributed by atoms with Crippen LogP contribution >= 0.6 is 11.3 Å². The minimum absolute atomic E-state index is 0.179. The van der Waals surface area contributed by atoms with E-state index in [-0.39, 0.29) is 17.9 Å². The first-order valence-corrected chi connectivity index (χ1v) is 8.35. The molecule has 7 nitrogen and oxygen atoms in total. The Morgan fingerprint density at radius 2 is 2.25 bits per heavy atom. The van der Waals surface area contributed by atoms with Gasteiger partial charge >= 0.3 is 0 Å². The van der Waals surface area contributed by atoms with Crippen molar-refractivity contribution in [1.29, 1.82) is 0 Å².